The Labute approximate surface area is 287 Å². The summed E-state index contributed by atoms with van der Waals surface area (Å²) in [5.41, 5.74) is 9.44. The van der Waals surface area contributed by atoms with Crippen molar-refractivity contribution in [3.63, 3.8) is 0 Å². The Kier molecular flexibility index (Phi) is 5.67. The smallest absolute Gasteiger partial charge is 0.138 e. The molecular weight excluding hydrogens is 609 g/mol. The first kappa shape index (κ1) is 27.3. The lowest BCUT2D eigenvalue weighted by Crippen LogP contribution is -1.96. The molecule has 0 spiro atoms. The Balaban J connectivity index is 1.14. The van der Waals surface area contributed by atoms with E-state index >= 15 is 0 Å². The maximum atomic E-state index is 6.76. The maximum absolute atomic E-state index is 6.76. The summed E-state index contributed by atoms with van der Waals surface area (Å²) in [5, 5.41) is 12.0. The van der Waals surface area contributed by atoms with Gasteiger partial charge >= 0.3 is 0 Å². The molecule has 0 saturated heterocycles. The van der Waals surface area contributed by atoms with Crippen molar-refractivity contribution < 1.29 is 4.42 Å². The molecule has 0 bridgehead atoms. The highest BCUT2D eigenvalue weighted by Crippen LogP contribution is 2.44. The van der Waals surface area contributed by atoms with E-state index in [1.54, 1.807) is 0 Å². The first-order chi connectivity index (χ1) is 24.8. The van der Waals surface area contributed by atoms with E-state index < -0.39 is 0 Å². The van der Waals surface area contributed by atoms with E-state index in [1.807, 2.05) is 6.20 Å². The quantitative estimate of drug-likeness (QED) is 0.193. The van der Waals surface area contributed by atoms with Crippen LogP contribution >= 0.6 is 0 Å². The Morgan fingerprint density at radius 3 is 1.94 bits per heavy atom. The summed E-state index contributed by atoms with van der Waals surface area (Å²) in [4.78, 5) is 4.96. The molecule has 11 rings (SSSR count). The molecule has 0 aliphatic rings. The molecule has 0 atom stereocenters. The average molecular weight is 637 g/mol. The van der Waals surface area contributed by atoms with Gasteiger partial charge in [0, 0.05) is 50.3 Å². The molecular formula is C47H28N2O. The fourth-order valence-corrected chi connectivity index (χ4v) is 8.08. The Morgan fingerprint density at radius 1 is 0.420 bits per heavy atom. The lowest BCUT2D eigenvalue weighted by molar-refractivity contribution is 0.669. The van der Waals surface area contributed by atoms with Crippen LogP contribution in [0.25, 0.3) is 104 Å². The second kappa shape index (κ2) is 10.4. The number of hydrogen-bond acceptors (Lipinski definition) is 2. The third kappa shape index (κ3) is 3.95. The predicted molar refractivity (Wildman–Crippen MR) is 209 cm³/mol. The molecule has 0 saturated carbocycles. The van der Waals surface area contributed by atoms with Crippen molar-refractivity contribution in [3.8, 4) is 28.1 Å². The molecule has 232 valence electrons. The SMILES string of the molecule is c1ccc2cc(-c3ccc(-c4cccc5oc6cc(-n7c8ccccc8c8cc9ccccc9cc87)c7ccccc7c6c45)cn3)ccc2c1. The van der Waals surface area contributed by atoms with Gasteiger partial charge in [-0.1, -0.05) is 121 Å². The highest BCUT2D eigenvalue weighted by Gasteiger charge is 2.21. The zero-order valence-electron chi connectivity index (χ0n) is 27.0. The van der Waals surface area contributed by atoms with Crippen molar-refractivity contribution >= 4 is 76.1 Å². The lowest BCUT2D eigenvalue weighted by Gasteiger charge is -2.13. The molecule has 0 aliphatic carbocycles. The van der Waals surface area contributed by atoms with Gasteiger partial charge in [-0.2, -0.15) is 0 Å². The zero-order chi connectivity index (χ0) is 32.8. The van der Waals surface area contributed by atoms with E-state index in [-0.39, 0.29) is 0 Å². The lowest BCUT2D eigenvalue weighted by atomic mass is 9.96. The van der Waals surface area contributed by atoms with Gasteiger partial charge in [-0.25, -0.2) is 0 Å². The Hall–Kier alpha value is -6.71. The number of aromatic nitrogens is 2. The fourth-order valence-electron chi connectivity index (χ4n) is 8.08. The van der Waals surface area contributed by atoms with Crippen molar-refractivity contribution in [1.29, 1.82) is 0 Å². The van der Waals surface area contributed by atoms with Gasteiger partial charge in [0.15, 0.2) is 0 Å². The Morgan fingerprint density at radius 2 is 1.12 bits per heavy atom. The molecule has 3 heteroatoms. The summed E-state index contributed by atoms with van der Waals surface area (Å²) >= 11 is 0. The molecule has 8 aromatic carbocycles. The first-order valence-corrected chi connectivity index (χ1v) is 17.0. The molecule has 0 radical (unpaired) electrons. The van der Waals surface area contributed by atoms with Crippen molar-refractivity contribution in [2.75, 3.05) is 0 Å². The summed E-state index contributed by atoms with van der Waals surface area (Å²) in [6, 6.07) is 58.6. The van der Waals surface area contributed by atoms with Crippen molar-refractivity contribution in [2.45, 2.75) is 0 Å². The minimum atomic E-state index is 0.867. The topological polar surface area (TPSA) is 31.0 Å². The van der Waals surface area contributed by atoms with Crippen LogP contribution in [0.5, 0.6) is 0 Å². The van der Waals surface area contributed by atoms with Gasteiger partial charge in [0.1, 0.15) is 11.2 Å². The highest BCUT2D eigenvalue weighted by molar-refractivity contribution is 6.25. The van der Waals surface area contributed by atoms with E-state index in [4.69, 9.17) is 9.40 Å². The number of fused-ring (bicyclic) bond motifs is 10. The number of para-hydroxylation sites is 1. The molecule has 3 nitrogen and oxygen atoms in total. The summed E-state index contributed by atoms with van der Waals surface area (Å²) in [5.74, 6) is 0. The third-order valence-corrected chi connectivity index (χ3v) is 10.4. The standard InChI is InChI=1S/C47H28N2O/c1-2-11-30-24-33(21-20-29(30)10-1)40-23-22-34(28-48-40)35-17-9-19-44-46(35)47-38-16-6-5-14-36(38)43(27-45(47)50-44)49-41-18-8-7-15-37(41)39-25-31-12-3-4-13-32(31)26-42(39)49/h1-28H. The monoisotopic (exact) mass is 636 g/mol. The third-order valence-electron chi connectivity index (χ3n) is 10.4. The van der Waals surface area contributed by atoms with Gasteiger partial charge < -0.3 is 8.98 Å². The number of hydrogen-bond donors (Lipinski definition) is 0. The number of nitrogens with zero attached hydrogens (tertiary/aromatic N) is 2. The number of pyridine rings is 1. The summed E-state index contributed by atoms with van der Waals surface area (Å²) in [7, 11) is 0. The van der Waals surface area contributed by atoms with Crippen molar-refractivity contribution in [1.82, 2.24) is 9.55 Å². The van der Waals surface area contributed by atoms with Crippen LogP contribution in [0.1, 0.15) is 0 Å². The van der Waals surface area contributed by atoms with Gasteiger partial charge in [-0.05, 0) is 68.9 Å². The molecule has 0 aliphatic heterocycles. The van der Waals surface area contributed by atoms with E-state index in [2.05, 4.69) is 168 Å². The number of rotatable bonds is 3. The van der Waals surface area contributed by atoms with Crippen LogP contribution in [0, 0.1) is 0 Å². The molecule has 0 amide bonds. The summed E-state index contributed by atoms with van der Waals surface area (Å²) in [6.07, 6.45) is 2.00. The van der Waals surface area contributed by atoms with Gasteiger partial charge in [-0.15, -0.1) is 0 Å². The van der Waals surface area contributed by atoms with Crippen LogP contribution in [0.4, 0.5) is 0 Å². The maximum Gasteiger partial charge on any atom is 0.138 e. The second-order valence-corrected chi connectivity index (χ2v) is 13.2. The first-order valence-electron chi connectivity index (χ1n) is 17.0. The minimum Gasteiger partial charge on any atom is -0.456 e. The van der Waals surface area contributed by atoms with Crippen molar-refractivity contribution in [3.05, 3.63) is 170 Å². The molecule has 3 aromatic heterocycles. The molecule has 0 N–H and O–H groups in total. The largest absolute Gasteiger partial charge is 0.456 e. The van der Waals surface area contributed by atoms with Crippen molar-refractivity contribution in [2.24, 2.45) is 0 Å². The molecule has 0 fully saturated rings. The van der Waals surface area contributed by atoms with Crippen LogP contribution in [0.3, 0.4) is 0 Å². The van der Waals surface area contributed by atoms with E-state index in [0.29, 0.717) is 0 Å². The predicted octanol–water partition coefficient (Wildman–Crippen LogP) is 12.9. The zero-order valence-corrected chi connectivity index (χ0v) is 27.0. The molecule has 0 unspecified atom stereocenters. The summed E-state index contributed by atoms with van der Waals surface area (Å²) in [6.45, 7) is 0. The normalized spacial score (nSPS) is 12.0. The van der Waals surface area contributed by atoms with Crippen LogP contribution in [-0.2, 0) is 0 Å². The van der Waals surface area contributed by atoms with Crippen LogP contribution in [0.15, 0.2) is 174 Å². The van der Waals surface area contributed by atoms with Gasteiger partial charge in [-0.3, -0.25) is 4.98 Å². The number of benzene rings is 8. The Bertz CT molecular complexity index is 3150. The van der Waals surface area contributed by atoms with Gasteiger partial charge in [0.05, 0.1) is 22.4 Å². The van der Waals surface area contributed by atoms with Crippen LogP contribution in [0.2, 0.25) is 0 Å². The number of furan rings is 1. The van der Waals surface area contributed by atoms with E-state index in [9.17, 15) is 0 Å². The van der Waals surface area contributed by atoms with Gasteiger partial charge in [0.25, 0.3) is 0 Å². The second-order valence-electron chi connectivity index (χ2n) is 13.2. The highest BCUT2D eigenvalue weighted by atomic mass is 16.3. The van der Waals surface area contributed by atoms with E-state index in [0.717, 1.165) is 50.0 Å². The average Bonchev–Trinajstić information content (AvgIpc) is 3.72. The van der Waals surface area contributed by atoms with E-state index in [1.165, 1.54) is 54.1 Å². The van der Waals surface area contributed by atoms with Crippen LogP contribution < -0.4 is 0 Å². The van der Waals surface area contributed by atoms with Crippen LogP contribution in [-0.4, -0.2) is 9.55 Å². The molecule has 3 heterocycles. The minimum absolute atomic E-state index is 0.867. The van der Waals surface area contributed by atoms with Gasteiger partial charge in [0.2, 0.25) is 0 Å². The fraction of sp³-hybridized carbons (Fsp3) is 0. The molecule has 11 aromatic rings. The summed E-state index contributed by atoms with van der Waals surface area (Å²) < 4.78 is 9.18. The molecule has 50 heavy (non-hydrogen) atoms.